The van der Waals surface area contributed by atoms with Crippen LogP contribution in [0.3, 0.4) is 0 Å². The molecule has 4 atom stereocenters. The summed E-state index contributed by atoms with van der Waals surface area (Å²) in [6.07, 6.45) is 9.32. The molecule has 2 nitrogen and oxygen atoms in total. The zero-order chi connectivity index (χ0) is 11.0. The Kier molecular flexibility index (Phi) is 2.60. The van der Waals surface area contributed by atoms with Gasteiger partial charge >= 0.3 is 0 Å². The molecule has 3 rings (SSSR count). The maximum atomic E-state index is 5.40. The van der Waals surface area contributed by atoms with Crippen molar-refractivity contribution in [2.24, 2.45) is 17.8 Å². The first-order valence-corrected chi connectivity index (χ1v) is 6.28. The van der Waals surface area contributed by atoms with Crippen LogP contribution in [0, 0.1) is 17.8 Å². The fraction of sp³-hybridized carbons (Fsp3) is 0.571. The highest BCUT2D eigenvalue weighted by Crippen LogP contribution is 2.43. The number of allylic oxidation sites excluding steroid dienone is 2. The van der Waals surface area contributed by atoms with Crippen LogP contribution in [-0.2, 0) is 0 Å². The minimum absolute atomic E-state index is 0.332. The van der Waals surface area contributed by atoms with E-state index in [1.807, 2.05) is 12.1 Å². The molecule has 1 aromatic rings. The fourth-order valence-electron chi connectivity index (χ4n) is 3.10. The molecule has 1 aromatic heterocycles. The molecule has 3 unspecified atom stereocenters. The Morgan fingerprint density at radius 3 is 3.00 bits per heavy atom. The second-order valence-electron chi connectivity index (χ2n) is 5.19. The van der Waals surface area contributed by atoms with Crippen molar-refractivity contribution < 1.29 is 4.42 Å². The molecular weight excluding hydrogens is 198 g/mol. The predicted molar refractivity (Wildman–Crippen MR) is 64.0 cm³/mol. The summed E-state index contributed by atoms with van der Waals surface area (Å²) >= 11 is 0. The monoisotopic (exact) mass is 217 g/mol. The van der Waals surface area contributed by atoms with Gasteiger partial charge in [-0.3, -0.25) is 0 Å². The highest BCUT2D eigenvalue weighted by atomic mass is 16.3. The first-order valence-electron chi connectivity index (χ1n) is 6.28. The topological polar surface area (TPSA) is 25.2 Å². The summed E-state index contributed by atoms with van der Waals surface area (Å²) in [6, 6.07) is 4.32. The summed E-state index contributed by atoms with van der Waals surface area (Å²) in [6.45, 7) is 3.29. The van der Waals surface area contributed by atoms with Gasteiger partial charge in [-0.2, -0.15) is 0 Å². The van der Waals surface area contributed by atoms with Gasteiger partial charge in [0.2, 0.25) is 0 Å². The molecule has 0 aromatic carbocycles. The van der Waals surface area contributed by atoms with E-state index in [0.29, 0.717) is 6.04 Å². The molecule has 1 heterocycles. The normalized spacial score (nSPS) is 33.4. The lowest BCUT2D eigenvalue weighted by Crippen LogP contribution is -2.27. The molecule has 2 aliphatic rings. The average Bonchev–Trinajstić information content (AvgIpc) is 3.01. The molecule has 0 saturated heterocycles. The minimum atomic E-state index is 0.332. The van der Waals surface area contributed by atoms with Crippen LogP contribution in [0.15, 0.2) is 35.0 Å². The van der Waals surface area contributed by atoms with E-state index in [1.54, 1.807) is 6.26 Å². The SMILES string of the molecule is C[C@H](NCC1CC2C=CC1C2)c1ccco1. The van der Waals surface area contributed by atoms with Crippen molar-refractivity contribution in [2.75, 3.05) is 6.54 Å². The molecule has 0 radical (unpaired) electrons. The summed E-state index contributed by atoms with van der Waals surface area (Å²) in [5, 5.41) is 3.58. The first kappa shape index (κ1) is 10.2. The standard InChI is InChI=1S/C14H19NO/c1-10(14-3-2-6-16-14)15-9-13-8-11-4-5-12(13)7-11/h2-6,10-13,15H,7-9H2,1H3/t10-,11?,12?,13?/m0/s1. The van der Waals surface area contributed by atoms with E-state index in [1.165, 1.54) is 12.8 Å². The smallest absolute Gasteiger partial charge is 0.120 e. The number of furan rings is 1. The minimum Gasteiger partial charge on any atom is -0.468 e. The summed E-state index contributed by atoms with van der Waals surface area (Å²) < 4.78 is 5.40. The van der Waals surface area contributed by atoms with Crippen LogP contribution in [0.1, 0.15) is 31.6 Å². The van der Waals surface area contributed by atoms with Crippen molar-refractivity contribution in [3.05, 3.63) is 36.3 Å². The van der Waals surface area contributed by atoms with Crippen LogP contribution >= 0.6 is 0 Å². The van der Waals surface area contributed by atoms with E-state index in [2.05, 4.69) is 24.4 Å². The van der Waals surface area contributed by atoms with Gasteiger partial charge in [0, 0.05) is 0 Å². The number of rotatable bonds is 4. The quantitative estimate of drug-likeness (QED) is 0.784. The second-order valence-corrected chi connectivity index (χ2v) is 5.19. The van der Waals surface area contributed by atoms with Crippen LogP contribution < -0.4 is 5.32 Å². The molecule has 0 spiro atoms. The van der Waals surface area contributed by atoms with Gasteiger partial charge in [-0.25, -0.2) is 0 Å². The van der Waals surface area contributed by atoms with E-state index < -0.39 is 0 Å². The number of hydrogen-bond acceptors (Lipinski definition) is 2. The fourth-order valence-corrected chi connectivity index (χ4v) is 3.10. The van der Waals surface area contributed by atoms with Gasteiger partial charge in [-0.05, 0) is 56.2 Å². The zero-order valence-corrected chi connectivity index (χ0v) is 9.73. The van der Waals surface area contributed by atoms with Crippen molar-refractivity contribution in [3.8, 4) is 0 Å². The number of hydrogen-bond donors (Lipinski definition) is 1. The Labute approximate surface area is 96.7 Å². The van der Waals surface area contributed by atoms with Crippen molar-refractivity contribution in [1.82, 2.24) is 5.32 Å². The average molecular weight is 217 g/mol. The van der Waals surface area contributed by atoms with Crippen molar-refractivity contribution in [1.29, 1.82) is 0 Å². The molecule has 1 fully saturated rings. The summed E-state index contributed by atoms with van der Waals surface area (Å²) in [4.78, 5) is 0. The van der Waals surface area contributed by atoms with E-state index in [4.69, 9.17) is 4.42 Å². The number of nitrogens with one attached hydrogen (secondary N) is 1. The van der Waals surface area contributed by atoms with Gasteiger partial charge < -0.3 is 9.73 Å². The van der Waals surface area contributed by atoms with Gasteiger partial charge in [0.05, 0.1) is 12.3 Å². The van der Waals surface area contributed by atoms with Crippen molar-refractivity contribution in [3.63, 3.8) is 0 Å². The third kappa shape index (κ3) is 1.82. The molecule has 1 saturated carbocycles. The molecular formula is C14H19NO. The lowest BCUT2D eigenvalue weighted by atomic mass is 9.93. The summed E-state index contributed by atoms with van der Waals surface area (Å²) in [7, 11) is 0. The van der Waals surface area contributed by atoms with Crippen molar-refractivity contribution in [2.45, 2.75) is 25.8 Å². The second kappa shape index (κ2) is 4.10. The van der Waals surface area contributed by atoms with Crippen LogP contribution in [0.5, 0.6) is 0 Å². The van der Waals surface area contributed by atoms with Crippen molar-refractivity contribution >= 4 is 0 Å². The Morgan fingerprint density at radius 1 is 1.44 bits per heavy atom. The molecule has 2 heteroatoms. The van der Waals surface area contributed by atoms with Gasteiger partial charge in [-0.1, -0.05) is 12.2 Å². The molecule has 16 heavy (non-hydrogen) atoms. The number of fused-ring (bicyclic) bond motifs is 2. The van der Waals surface area contributed by atoms with Crippen LogP contribution in [0.25, 0.3) is 0 Å². The highest BCUT2D eigenvalue weighted by Gasteiger charge is 2.35. The Balaban J connectivity index is 1.52. The molecule has 2 aliphatic carbocycles. The molecule has 0 aliphatic heterocycles. The van der Waals surface area contributed by atoms with Crippen LogP contribution in [0.4, 0.5) is 0 Å². The molecule has 2 bridgehead atoms. The lowest BCUT2D eigenvalue weighted by Gasteiger charge is -2.20. The van der Waals surface area contributed by atoms with Gasteiger partial charge in [0.25, 0.3) is 0 Å². The largest absolute Gasteiger partial charge is 0.468 e. The van der Waals surface area contributed by atoms with Crippen LogP contribution in [0.2, 0.25) is 0 Å². The highest BCUT2D eigenvalue weighted by molar-refractivity contribution is 5.11. The molecule has 86 valence electrons. The molecule has 0 amide bonds. The van der Waals surface area contributed by atoms with Gasteiger partial charge in [-0.15, -0.1) is 0 Å². The van der Waals surface area contributed by atoms with E-state index in [0.717, 1.165) is 30.1 Å². The lowest BCUT2D eigenvalue weighted by molar-refractivity contribution is 0.365. The maximum absolute atomic E-state index is 5.40. The maximum Gasteiger partial charge on any atom is 0.120 e. The Bertz CT molecular complexity index is 368. The Hall–Kier alpha value is -1.02. The van der Waals surface area contributed by atoms with E-state index in [-0.39, 0.29) is 0 Å². The predicted octanol–water partition coefficient (Wildman–Crippen LogP) is 3.14. The summed E-state index contributed by atoms with van der Waals surface area (Å²) in [5.41, 5.74) is 0. The third-order valence-electron chi connectivity index (χ3n) is 4.07. The zero-order valence-electron chi connectivity index (χ0n) is 9.73. The first-order chi connectivity index (χ1) is 7.83. The van der Waals surface area contributed by atoms with E-state index in [9.17, 15) is 0 Å². The van der Waals surface area contributed by atoms with Gasteiger partial charge in [0.15, 0.2) is 0 Å². The van der Waals surface area contributed by atoms with E-state index >= 15 is 0 Å². The third-order valence-corrected chi connectivity index (χ3v) is 4.07. The Morgan fingerprint density at radius 2 is 2.38 bits per heavy atom. The molecule has 1 N–H and O–H groups in total. The summed E-state index contributed by atoms with van der Waals surface area (Å²) in [5.74, 6) is 3.59. The van der Waals surface area contributed by atoms with Gasteiger partial charge in [0.1, 0.15) is 5.76 Å². The van der Waals surface area contributed by atoms with Crippen LogP contribution in [-0.4, -0.2) is 6.54 Å².